The van der Waals surface area contributed by atoms with E-state index in [0.717, 1.165) is 45.0 Å². The molecule has 2 aliphatic heterocycles. The van der Waals surface area contributed by atoms with Crippen molar-refractivity contribution in [2.24, 2.45) is 0 Å². The fourth-order valence-corrected chi connectivity index (χ4v) is 3.33. The van der Waals surface area contributed by atoms with Gasteiger partial charge in [0, 0.05) is 45.0 Å². The second-order valence-electron chi connectivity index (χ2n) is 6.41. The first-order valence-corrected chi connectivity index (χ1v) is 8.00. The molecule has 2 saturated heterocycles. The Bertz CT molecular complexity index is 444. The zero-order chi connectivity index (χ0) is 14.7. The van der Waals surface area contributed by atoms with Crippen molar-refractivity contribution in [1.29, 1.82) is 0 Å². The van der Waals surface area contributed by atoms with Crippen LogP contribution in [0.15, 0.2) is 18.3 Å². The summed E-state index contributed by atoms with van der Waals surface area (Å²) < 4.78 is 0. The van der Waals surface area contributed by atoms with Gasteiger partial charge in [-0.05, 0) is 37.9 Å². The Kier molecular flexibility index (Phi) is 4.73. The minimum Gasteiger partial charge on any atom is -0.392 e. The maximum Gasteiger partial charge on any atom is 0.128 e. The van der Waals surface area contributed by atoms with Crippen LogP contribution >= 0.6 is 0 Å². The Hall–Kier alpha value is -1.17. The number of rotatable bonds is 5. The summed E-state index contributed by atoms with van der Waals surface area (Å²) in [5.74, 6) is 1.11. The van der Waals surface area contributed by atoms with Gasteiger partial charge in [-0.2, -0.15) is 0 Å². The lowest BCUT2D eigenvalue weighted by Gasteiger charge is -2.21. The van der Waals surface area contributed by atoms with Crippen molar-refractivity contribution >= 4 is 5.82 Å². The summed E-state index contributed by atoms with van der Waals surface area (Å²) >= 11 is 0. The van der Waals surface area contributed by atoms with Gasteiger partial charge in [0.2, 0.25) is 0 Å². The summed E-state index contributed by atoms with van der Waals surface area (Å²) in [5, 5.41) is 12.9. The molecule has 0 aromatic carbocycles. The average molecular weight is 290 g/mol. The van der Waals surface area contributed by atoms with Gasteiger partial charge in [-0.1, -0.05) is 6.07 Å². The molecule has 5 nitrogen and oxygen atoms in total. The molecular formula is C16H26N4O. The molecule has 2 aliphatic rings. The van der Waals surface area contributed by atoms with Gasteiger partial charge in [0.15, 0.2) is 0 Å². The number of nitrogens with zero attached hydrogens (tertiary/aromatic N) is 3. The van der Waals surface area contributed by atoms with Gasteiger partial charge in [-0.3, -0.25) is 0 Å². The monoisotopic (exact) mass is 290 g/mol. The van der Waals surface area contributed by atoms with Gasteiger partial charge in [0.25, 0.3) is 0 Å². The van der Waals surface area contributed by atoms with Crippen LogP contribution in [0, 0.1) is 0 Å². The molecule has 0 radical (unpaired) electrons. The van der Waals surface area contributed by atoms with E-state index in [2.05, 4.69) is 39.3 Å². The molecule has 0 aliphatic carbocycles. The van der Waals surface area contributed by atoms with Gasteiger partial charge >= 0.3 is 0 Å². The molecule has 0 bridgehead atoms. The molecule has 2 fully saturated rings. The van der Waals surface area contributed by atoms with Crippen LogP contribution in [0.25, 0.3) is 0 Å². The number of hydrogen-bond acceptors (Lipinski definition) is 5. The third-order valence-electron chi connectivity index (χ3n) is 4.42. The third kappa shape index (κ3) is 3.93. The van der Waals surface area contributed by atoms with E-state index in [1.807, 2.05) is 6.20 Å². The van der Waals surface area contributed by atoms with Crippen LogP contribution in [0.3, 0.4) is 0 Å². The number of likely N-dealkylation sites (N-methyl/N-ethyl adjacent to an activating group) is 1. The molecule has 0 saturated carbocycles. The zero-order valence-corrected chi connectivity index (χ0v) is 12.8. The lowest BCUT2D eigenvalue weighted by atomic mass is 10.2. The third-order valence-corrected chi connectivity index (χ3v) is 4.42. The molecule has 0 spiro atoms. The summed E-state index contributed by atoms with van der Waals surface area (Å²) in [7, 11) is 2.13. The van der Waals surface area contributed by atoms with Gasteiger partial charge in [0.1, 0.15) is 5.82 Å². The summed E-state index contributed by atoms with van der Waals surface area (Å²) in [4.78, 5) is 9.25. The number of aliphatic hydroxyl groups is 1. The first-order valence-electron chi connectivity index (χ1n) is 8.00. The molecule has 2 atom stereocenters. The fourth-order valence-electron chi connectivity index (χ4n) is 3.33. The van der Waals surface area contributed by atoms with E-state index in [0.29, 0.717) is 6.04 Å². The van der Waals surface area contributed by atoms with Crippen molar-refractivity contribution < 1.29 is 5.11 Å². The van der Waals surface area contributed by atoms with Gasteiger partial charge < -0.3 is 20.2 Å². The smallest absolute Gasteiger partial charge is 0.128 e. The normalized spacial score (nSPS) is 26.0. The fraction of sp³-hybridized carbons (Fsp3) is 0.688. The van der Waals surface area contributed by atoms with Gasteiger partial charge in [-0.15, -0.1) is 0 Å². The lowest BCUT2D eigenvalue weighted by Crippen LogP contribution is -2.34. The van der Waals surface area contributed by atoms with Crippen molar-refractivity contribution in [3.8, 4) is 0 Å². The second kappa shape index (κ2) is 6.73. The molecule has 5 heteroatoms. The van der Waals surface area contributed by atoms with Crippen LogP contribution in [0.1, 0.15) is 24.8 Å². The Morgan fingerprint density at radius 2 is 2.19 bits per heavy atom. The number of nitrogens with one attached hydrogen (secondary N) is 1. The van der Waals surface area contributed by atoms with Crippen LogP contribution in [-0.4, -0.2) is 60.4 Å². The highest BCUT2D eigenvalue weighted by atomic mass is 16.3. The van der Waals surface area contributed by atoms with Crippen LogP contribution in [-0.2, 0) is 6.54 Å². The number of β-amino-alcohol motifs (C(OH)–C–C–N with tert-alkyl or cyclic N) is 1. The van der Waals surface area contributed by atoms with E-state index in [9.17, 15) is 5.11 Å². The molecule has 0 unspecified atom stereocenters. The minimum absolute atomic E-state index is 0.176. The van der Waals surface area contributed by atoms with Crippen LogP contribution in [0.2, 0.25) is 0 Å². The first-order chi connectivity index (χ1) is 10.2. The summed E-state index contributed by atoms with van der Waals surface area (Å²) in [5.41, 5.74) is 1.25. The minimum atomic E-state index is -0.176. The predicted octanol–water partition coefficient (Wildman–Crippen LogP) is 0.836. The largest absolute Gasteiger partial charge is 0.392 e. The van der Waals surface area contributed by atoms with Crippen molar-refractivity contribution in [3.63, 3.8) is 0 Å². The molecule has 0 amide bonds. The molecular weight excluding hydrogens is 264 g/mol. The highest BCUT2D eigenvalue weighted by Crippen LogP contribution is 2.18. The summed E-state index contributed by atoms with van der Waals surface area (Å²) in [6, 6.07) is 4.74. The highest BCUT2D eigenvalue weighted by molar-refractivity contribution is 5.40. The number of aliphatic hydroxyl groups excluding tert-OH is 1. The van der Waals surface area contributed by atoms with Crippen molar-refractivity contribution in [2.45, 2.75) is 38.0 Å². The molecule has 21 heavy (non-hydrogen) atoms. The number of hydrogen-bond donors (Lipinski definition) is 2. The molecule has 1 aromatic heterocycles. The maximum absolute atomic E-state index is 9.54. The second-order valence-corrected chi connectivity index (χ2v) is 6.41. The van der Waals surface area contributed by atoms with E-state index >= 15 is 0 Å². The number of aromatic nitrogens is 1. The van der Waals surface area contributed by atoms with Crippen LogP contribution in [0.5, 0.6) is 0 Å². The van der Waals surface area contributed by atoms with Gasteiger partial charge in [0.05, 0.1) is 6.10 Å². The molecule has 116 valence electrons. The van der Waals surface area contributed by atoms with Gasteiger partial charge in [-0.25, -0.2) is 4.98 Å². The Morgan fingerprint density at radius 1 is 1.38 bits per heavy atom. The molecule has 2 N–H and O–H groups in total. The van der Waals surface area contributed by atoms with Crippen molar-refractivity contribution in [3.05, 3.63) is 23.9 Å². The molecule has 3 heterocycles. The Morgan fingerprint density at radius 3 is 2.81 bits per heavy atom. The Labute approximate surface area is 127 Å². The van der Waals surface area contributed by atoms with Crippen molar-refractivity contribution in [2.75, 3.05) is 38.1 Å². The molecule has 1 aromatic rings. The topological polar surface area (TPSA) is 51.6 Å². The SMILES string of the molecule is CN(Cc1ccc(N2CCCC2)nc1)C[C@@H]1C[C@@H](O)CN1. The predicted molar refractivity (Wildman–Crippen MR) is 84.4 cm³/mol. The summed E-state index contributed by atoms with van der Waals surface area (Å²) in [6.07, 6.45) is 5.25. The van der Waals surface area contributed by atoms with E-state index in [4.69, 9.17) is 0 Å². The average Bonchev–Trinajstić information content (AvgIpc) is 3.11. The zero-order valence-electron chi connectivity index (χ0n) is 12.8. The lowest BCUT2D eigenvalue weighted by molar-refractivity contribution is 0.189. The summed E-state index contributed by atoms with van der Waals surface area (Å²) in [6.45, 7) is 4.88. The van der Waals surface area contributed by atoms with E-state index in [1.54, 1.807) is 0 Å². The van der Waals surface area contributed by atoms with E-state index in [1.165, 1.54) is 18.4 Å². The Balaban J connectivity index is 1.50. The first kappa shape index (κ1) is 14.8. The maximum atomic E-state index is 9.54. The van der Waals surface area contributed by atoms with Crippen LogP contribution < -0.4 is 10.2 Å². The van der Waals surface area contributed by atoms with Crippen LogP contribution in [0.4, 0.5) is 5.82 Å². The number of anilines is 1. The molecule has 3 rings (SSSR count). The van der Waals surface area contributed by atoms with Crippen molar-refractivity contribution in [1.82, 2.24) is 15.2 Å². The standard InChI is InChI=1S/C16H26N4O/c1-19(12-14-8-15(21)10-17-14)11-13-4-5-16(18-9-13)20-6-2-3-7-20/h4-5,9,14-15,17,21H,2-3,6-8,10-12H2,1H3/t14-,15+/m0/s1. The number of pyridine rings is 1. The highest BCUT2D eigenvalue weighted by Gasteiger charge is 2.23. The quantitative estimate of drug-likeness (QED) is 0.841. The van der Waals surface area contributed by atoms with E-state index < -0.39 is 0 Å². The van der Waals surface area contributed by atoms with E-state index in [-0.39, 0.29) is 6.10 Å².